The summed E-state index contributed by atoms with van der Waals surface area (Å²) in [5.74, 6) is -1.38. The summed E-state index contributed by atoms with van der Waals surface area (Å²) in [6.07, 6.45) is 1.58. The van der Waals surface area contributed by atoms with Crippen molar-refractivity contribution >= 4 is 39.7 Å². The highest BCUT2D eigenvalue weighted by molar-refractivity contribution is 7.89. The highest BCUT2D eigenvalue weighted by Crippen LogP contribution is 2.34. The lowest BCUT2D eigenvalue weighted by molar-refractivity contribution is -0.125. The van der Waals surface area contributed by atoms with Gasteiger partial charge in [-0.1, -0.05) is 11.6 Å². The van der Waals surface area contributed by atoms with Crippen molar-refractivity contribution in [2.45, 2.75) is 37.3 Å². The van der Waals surface area contributed by atoms with E-state index in [1.54, 1.807) is 12.1 Å². The molecule has 1 aromatic rings. The van der Waals surface area contributed by atoms with Crippen molar-refractivity contribution in [1.82, 2.24) is 24.8 Å². The van der Waals surface area contributed by atoms with Crippen LogP contribution in [0.5, 0.6) is 5.88 Å². The van der Waals surface area contributed by atoms with Gasteiger partial charge >= 0.3 is 12.1 Å². The Balaban J connectivity index is 1.42. The summed E-state index contributed by atoms with van der Waals surface area (Å²) in [4.78, 5) is 41.3. The molecule has 4 rings (SSSR count). The second-order valence-electron chi connectivity index (χ2n) is 8.71. The van der Waals surface area contributed by atoms with Gasteiger partial charge in [-0.25, -0.2) is 27.3 Å². The number of carbonyl (C=O) groups excluding carboxylic acids is 2. The molecule has 3 aliphatic rings. The molecule has 4 amide bonds. The first-order valence-electron chi connectivity index (χ1n) is 11.0. The average Bonchev–Trinajstić information content (AvgIpc) is 3.08. The molecule has 12 nitrogen and oxygen atoms in total. The minimum absolute atomic E-state index is 0.159. The van der Waals surface area contributed by atoms with E-state index in [-0.39, 0.29) is 45.1 Å². The Kier molecular flexibility index (Phi) is 6.87. The quantitative estimate of drug-likeness (QED) is 0.471. The van der Waals surface area contributed by atoms with E-state index < -0.39 is 45.3 Å². The lowest BCUT2D eigenvalue weighted by Crippen LogP contribution is -2.62. The molecule has 4 heterocycles. The summed E-state index contributed by atoms with van der Waals surface area (Å²) in [6, 6.07) is 2.56. The van der Waals surface area contributed by atoms with Crippen molar-refractivity contribution < 1.29 is 32.6 Å². The smallest absolute Gasteiger partial charge is 0.407 e. The summed E-state index contributed by atoms with van der Waals surface area (Å²) in [5, 5.41) is 14.4. The molecule has 0 spiro atoms. The van der Waals surface area contributed by atoms with E-state index in [4.69, 9.17) is 16.3 Å². The van der Waals surface area contributed by atoms with Crippen LogP contribution < -0.4 is 15.4 Å². The second kappa shape index (κ2) is 9.55. The predicted molar refractivity (Wildman–Crippen MR) is 120 cm³/mol. The first-order chi connectivity index (χ1) is 16.1. The van der Waals surface area contributed by atoms with Gasteiger partial charge < -0.3 is 20.1 Å². The third-order valence-electron chi connectivity index (χ3n) is 6.62. The molecule has 3 saturated heterocycles. The number of halogens is 1. The molecule has 0 saturated carbocycles. The molecular weight excluding hydrogens is 490 g/mol. The Labute approximate surface area is 201 Å². The lowest BCUT2D eigenvalue weighted by atomic mass is 9.79. The van der Waals surface area contributed by atoms with Crippen LogP contribution in [0.3, 0.4) is 0 Å². The maximum absolute atomic E-state index is 13.3. The van der Waals surface area contributed by atoms with Crippen LogP contribution in [0.4, 0.5) is 9.59 Å². The van der Waals surface area contributed by atoms with Crippen molar-refractivity contribution in [2.75, 3.05) is 31.9 Å². The van der Waals surface area contributed by atoms with E-state index in [0.717, 1.165) is 0 Å². The van der Waals surface area contributed by atoms with Gasteiger partial charge in [0.25, 0.3) is 5.91 Å². The molecule has 14 heteroatoms. The molecule has 0 bridgehead atoms. The van der Waals surface area contributed by atoms with Crippen molar-refractivity contribution in [1.29, 1.82) is 0 Å². The fourth-order valence-corrected chi connectivity index (χ4v) is 6.86. The van der Waals surface area contributed by atoms with Gasteiger partial charge in [0.05, 0.1) is 10.8 Å². The fraction of sp³-hybridized carbons (Fsp3) is 0.600. The van der Waals surface area contributed by atoms with Crippen molar-refractivity contribution in [3.63, 3.8) is 0 Å². The number of pyridine rings is 1. The minimum atomic E-state index is -3.92. The zero-order valence-electron chi connectivity index (χ0n) is 18.3. The molecule has 0 aliphatic carbocycles. The number of likely N-dealkylation sites (tertiary alicyclic amines) is 1. The Bertz CT molecular complexity index is 1050. The highest BCUT2D eigenvalue weighted by Gasteiger charge is 2.55. The molecular formula is C20H26ClN5O7S. The molecule has 1 atom stereocenters. The fourth-order valence-electron chi connectivity index (χ4n) is 4.79. The summed E-state index contributed by atoms with van der Waals surface area (Å²) >= 11 is 5.83. The van der Waals surface area contributed by atoms with Gasteiger partial charge in [0.15, 0.2) is 0 Å². The number of hydrogen-bond donors (Lipinski definition) is 3. The van der Waals surface area contributed by atoms with Gasteiger partial charge in [-0.15, -0.1) is 0 Å². The molecule has 1 unspecified atom stereocenters. The van der Waals surface area contributed by atoms with Gasteiger partial charge in [-0.2, -0.15) is 0 Å². The number of imide groups is 1. The number of piperidine rings is 2. The van der Waals surface area contributed by atoms with E-state index in [1.807, 2.05) is 0 Å². The topological polar surface area (TPSA) is 158 Å². The van der Waals surface area contributed by atoms with Crippen LogP contribution >= 0.6 is 11.6 Å². The van der Waals surface area contributed by atoms with Crippen LogP contribution in [0.25, 0.3) is 0 Å². The van der Waals surface area contributed by atoms with Gasteiger partial charge in [-0.3, -0.25) is 10.1 Å². The second-order valence-corrected chi connectivity index (χ2v) is 11.1. The van der Waals surface area contributed by atoms with Crippen LogP contribution in [0, 0.1) is 5.92 Å². The summed E-state index contributed by atoms with van der Waals surface area (Å²) < 4.78 is 33.8. The number of aromatic nitrogens is 1. The maximum Gasteiger partial charge on any atom is 0.407 e. The predicted octanol–water partition coefficient (Wildman–Crippen LogP) is 0.876. The largest absolute Gasteiger partial charge is 0.474 e. The van der Waals surface area contributed by atoms with E-state index in [2.05, 4.69) is 15.6 Å². The van der Waals surface area contributed by atoms with Gasteiger partial charge in [0.2, 0.25) is 15.9 Å². The molecule has 34 heavy (non-hydrogen) atoms. The Morgan fingerprint density at radius 2 is 1.85 bits per heavy atom. The number of carbonyl (C=O) groups is 3. The Morgan fingerprint density at radius 1 is 1.18 bits per heavy atom. The van der Waals surface area contributed by atoms with Crippen molar-refractivity contribution in [3.8, 4) is 5.88 Å². The summed E-state index contributed by atoms with van der Waals surface area (Å²) in [7, 11) is -3.92. The zero-order chi connectivity index (χ0) is 24.5. The minimum Gasteiger partial charge on any atom is -0.474 e. The number of sulfonamides is 1. The lowest BCUT2D eigenvalue weighted by Gasteiger charge is -2.41. The number of nitrogens with zero attached hydrogens (tertiary/aromatic N) is 3. The van der Waals surface area contributed by atoms with Gasteiger partial charge in [-0.05, 0) is 37.7 Å². The van der Waals surface area contributed by atoms with Gasteiger partial charge in [0, 0.05) is 38.4 Å². The number of amides is 4. The first-order valence-corrected chi connectivity index (χ1v) is 13.0. The summed E-state index contributed by atoms with van der Waals surface area (Å²) in [5.41, 5.74) is -1.64. The number of nitrogens with one attached hydrogen (secondary N) is 2. The zero-order valence-corrected chi connectivity index (χ0v) is 19.8. The molecule has 0 aromatic carbocycles. The third-order valence-corrected chi connectivity index (χ3v) is 8.82. The Morgan fingerprint density at radius 3 is 2.38 bits per heavy atom. The van der Waals surface area contributed by atoms with Crippen LogP contribution in [0.1, 0.15) is 25.7 Å². The van der Waals surface area contributed by atoms with Crippen LogP contribution in [0.2, 0.25) is 5.02 Å². The van der Waals surface area contributed by atoms with Gasteiger partial charge in [0.1, 0.15) is 11.6 Å². The maximum atomic E-state index is 13.3. The number of carboxylic acid groups (broad SMARTS) is 1. The standard InChI is InChI=1S/C20H26ClN5O7S/c21-14-1-2-16(22-11-14)33-15-5-9-26(10-6-15)34(31,32)12-20(17(27)23-18(28)24-20)13-3-7-25(8-4-13)19(29)30/h1-2,11,13,15H,3-10,12H2,(H,29,30)(H2,23,24,27,28). The molecule has 3 fully saturated rings. The molecule has 3 N–H and O–H groups in total. The first kappa shape index (κ1) is 24.5. The number of rotatable bonds is 6. The average molecular weight is 516 g/mol. The van der Waals surface area contributed by atoms with E-state index in [1.165, 1.54) is 15.4 Å². The Hall–Kier alpha value is -2.64. The normalized spacial score (nSPS) is 25.1. The molecule has 1 aromatic heterocycles. The molecule has 0 radical (unpaired) electrons. The number of hydrogen-bond acceptors (Lipinski definition) is 7. The van der Waals surface area contributed by atoms with E-state index >= 15 is 0 Å². The van der Waals surface area contributed by atoms with E-state index in [0.29, 0.717) is 23.7 Å². The molecule has 3 aliphatic heterocycles. The van der Waals surface area contributed by atoms with Crippen molar-refractivity contribution in [2.24, 2.45) is 5.92 Å². The van der Waals surface area contributed by atoms with Crippen molar-refractivity contribution in [3.05, 3.63) is 23.4 Å². The van der Waals surface area contributed by atoms with Crippen LogP contribution in [-0.4, -0.2) is 89.3 Å². The number of urea groups is 1. The summed E-state index contributed by atoms with van der Waals surface area (Å²) in [6.45, 7) is 0.715. The highest BCUT2D eigenvalue weighted by atomic mass is 35.5. The SMILES string of the molecule is O=C1NC(=O)C(CS(=O)(=O)N2CCC(Oc3ccc(Cl)cn3)CC2)(C2CCN(C(=O)O)CC2)N1. The molecule has 186 valence electrons. The monoisotopic (exact) mass is 515 g/mol. The van der Waals surface area contributed by atoms with E-state index in [9.17, 15) is 27.9 Å². The third kappa shape index (κ3) is 5.05. The number of ether oxygens (including phenoxy) is 1. The van der Waals surface area contributed by atoms with Crippen LogP contribution in [0.15, 0.2) is 18.3 Å². The van der Waals surface area contributed by atoms with Crippen LogP contribution in [-0.2, 0) is 14.8 Å².